The van der Waals surface area contributed by atoms with Crippen LogP contribution in [-0.4, -0.2) is 23.1 Å². The Hall–Kier alpha value is -2.65. The first kappa shape index (κ1) is 14.0. The van der Waals surface area contributed by atoms with Crippen molar-refractivity contribution in [2.45, 2.75) is 12.6 Å². The van der Waals surface area contributed by atoms with Gasteiger partial charge in [-0.3, -0.25) is 4.79 Å². The molecule has 0 bridgehead atoms. The molecule has 1 fully saturated rings. The number of hydrogen-bond donors (Lipinski definition) is 0. The van der Waals surface area contributed by atoms with E-state index >= 15 is 0 Å². The maximum Gasteiger partial charge on any atom is 0.185 e. The fourth-order valence-electron chi connectivity index (χ4n) is 2.82. The molecule has 1 aromatic heterocycles. The Kier molecular flexibility index (Phi) is 3.56. The Morgan fingerprint density at radius 3 is 2.65 bits per heavy atom. The van der Waals surface area contributed by atoms with Gasteiger partial charge >= 0.3 is 0 Å². The molecule has 1 unspecified atom stereocenters. The molecule has 3 heteroatoms. The van der Waals surface area contributed by atoms with Gasteiger partial charge in [-0.25, -0.2) is 0 Å². The van der Waals surface area contributed by atoms with Gasteiger partial charge in [-0.15, -0.1) is 0 Å². The number of carbonyl (C=O) groups excluding carboxylic acids is 1. The molecule has 0 radical (unpaired) electrons. The van der Waals surface area contributed by atoms with Crippen LogP contribution in [-0.2, 0) is 11.3 Å². The van der Waals surface area contributed by atoms with Crippen LogP contribution in [0.4, 0.5) is 0 Å². The second-order valence-corrected chi connectivity index (χ2v) is 5.77. The summed E-state index contributed by atoms with van der Waals surface area (Å²) in [6.07, 6.45) is 5.98. The van der Waals surface area contributed by atoms with Crippen LogP contribution in [0.25, 0.3) is 17.0 Å². The van der Waals surface area contributed by atoms with Gasteiger partial charge < -0.3 is 9.30 Å². The minimum Gasteiger partial charge on any atom is -0.371 e. The van der Waals surface area contributed by atoms with Gasteiger partial charge in [0.25, 0.3) is 0 Å². The van der Waals surface area contributed by atoms with Crippen LogP contribution >= 0.6 is 0 Å². The van der Waals surface area contributed by atoms with Gasteiger partial charge in [-0.1, -0.05) is 48.5 Å². The highest BCUT2D eigenvalue weighted by atomic mass is 16.6. The molecule has 1 aliphatic rings. The van der Waals surface area contributed by atoms with Crippen LogP contribution in [0.5, 0.6) is 0 Å². The maximum atomic E-state index is 12.2. The third kappa shape index (κ3) is 2.96. The summed E-state index contributed by atoms with van der Waals surface area (Å²) >= 11 is 0. The van der Waals surface area contributed by atoms with Crippen LogP contribution in [0.15, 0.2) is 66.9 Å². The van der Waals surface area contributed by atoms with Crippen molar-refractivity contribution in [3.63, 3.8) is 0 Å². The molecule has 0 N–H and O–H groups in total. The lowest BCUT2D eigenvalue weighted by molar-refractivity contribution is 0.104. The quantitative estimate of drug-likeness (QED) is 0.406. The number of hydrogen-bond acceptors (Lipinski definition) is 2. The normalized spacial score (nSPS) is 17.0. The summed E-state index contributed by atoms with van der Waals surface area (Å²) in [4.78, 5) is 12.2. The van der Waals surface area contributed by atoms with E-state index in [9.17, 15) is 4.79 Å². The fourth-order valence-corrected chi connectivity index (χ4v) is 2.82. The molecule has 0 saturated carbocycles. The van der Waals surface area contributed by atoms with E-state index in [2.05, 4.69) is 22.9 Å². The van der Waals surface area contributed by atoms with Gasteiger partial charge in [0.1, 0.15) is 0 Å². The zero-order valence-electron chi connectivity index (χ0n) is 12.7. The number of nitrogens with zero attached hydrogens (tertiary/aromatic N) is 1. The first-order chi connectivity index (χ1) is 11.3. The largest absolute Gasteiger partial charge is 0.371 e. The Morgan fingerprint density at radius 2 is 1.87 bits per heavy atom. The van der Waals surface area contributed by atoms with E-state index in [-0.39, 0.29) is 5.78 Å². The number of aromatic nitrogens is 1. The standard InChI is InChI=1S/C20H17NO2/c22-20(15-6-2-1-3-7-15)11-10-16-12-21(13-17-14-23-17)19-9-5-4-8-18(16)19/h1-12,17H,13-14H2. The van der Waals surface area contributed by atoms with Gasteiger partial charge in [-0.05, 0) is 18.2 Å². The molecule has 2 aromatic carbocycles. The minimum atomic E-state index is 0.0213. The summed E-state index contributed by atoms with van der Waals surface area (Å²) < 4.78 is 7.54. The number of para-hydroxylation sites is 1. The summed E-state index contributed by atoms with van der Waals surface area (Å²) in [7, 11) is 0. The number of carbonyl (C=O) groups is 1. The van der Waals surface area contributed by atoms with E-state index in [0.29, 0.717) is 11.7 Å². The number of ketones is 1. The molecule has 1 aliphatic heterocycles. The number of rotatable bonds is 5. The second kappa shape index (κ2) is 5.86. The molecule has 2 heterocycles. The summed E-state index contributed by atoms with van der Waals surface area (Å²) in [5.74, 6) is 0.0213. The molecule has 1 saturated heterocycles. The molecule has 0 spiro atoms. The number of epoxide rings is 1. The number of fused-ring (bicyclic) bond motifs is 1. The van der Waals surface area contributed by atoms with Crippen molar-refractivity contribution in [1.82, 2.24) is 4.57 Å². The third-order valence-corrected chi connectivity index (χ3v) is 4.09. The molecule has 0 aliphatic carbocycles. The second-order valence-electron chi connectivity index (χ2n) is 5.77. The summed E-state index contributed by atoms with van der Waals surface area (Å²) in [5.41, 5.74) is 2.94. The smallest absolute Gasteiger partial charge is 0.185 e. The van der Waals surface area contributed by atoms with E-state index in [0.717, 1.165) is 24.1 Å². The number of ether oxygens (including phenoxy) is 1. The van der Waals surface area contributed by atoms with Crippen molar-refractivity contribution < 1.29 is 9.53 Å². The van der Waals surface area contributed by atoms with Crippen molar-refractivity contribution in [2.75, 3.05) is 6.61 Å². The average Bonchev–Trinajstić information content (AvgIpc) is 3.35. The monoisotopic (exact) mass is 303 g/mol. The number of allylic oxidation sites excluding steroid dienone is 1. The molecule has 23 heavy (non-hydrogen) atoms. The van der Waals surface area contributed by atoms with Gasteiger partial charge in [-0.2, -0.15) is 0 Å². The van der Waals surface area contributed by atoms with Gasteiger partial charge in [0.05, 0.1) is 19.3 Å². The Labute approximate surface area is 134 Å². The zero-order valence-corrected chi connectivity index (χ0v) is 12.7. The lowest BCUT2D eigenvalue weighted by Crippen LogP contribution is -2.01. The van der Waals surface area contributed by atoms with Crippen LogP contribution in [0.1, 0.15) is 15.9 Å². The van der Waals surface area contributed by atoms with E-state index in [1.807, 2.05) is 48.5 Å². The van der Waals surface area contributed by atoms with Crippen molar-refractivity contribution in [3.05, 3.63) is 78.0 Å². The minimum absolute atomic E-state index is 0.0213. The molecule has 3 aromatic rings. The third-order valence-electron chi connectivity index (χ3n) is 4.09. The summed E-state index contributed by atoms with van der Waals surface area (Å²) in [6.45, 7) is 1.70. The fraction of sp³-hybridized carbons (Fsp3) is 0.150. The predicted octanol–water partition coefficient (Wildman–Crippen LogP) is 3.94. The first-order valence-electron chi connectivity index (χ1n) is 7.78. The maximum absolute atomic E-state index is 12.2. The Bertz CT molecular complexity index is 873. The van der Waals surface area contributed by atoms with Gasteiger partial charge in [0, 0.05) is 28.2 Å². The van der Waals surface area contributed by atoms with Gasteiger partial charge in [0.15, 0.2) is 5.78 Å². The topological polar surface area (TPSA) is 34.5 Å². The summed E-state index contributed by atoms with van der Waals surface area (Å²) in [6, 6.07) is 17.6. The zero-order chi connectivity index (χ0) is 15.6. The Morgan fingerprint density at radius 1 is 1.13 bits per heavy atom. The van der Waals surface area contributed by atoms with Crippen molar-refractivity contribution in [3.8, 4) is 0 Å². The highest BCUT2D eigenvalue weighted by Crippen LogP contribution is 2.25. The van der Waals surface area contributed by atoms with E-state index in [4.69, 9.17) is 4.74 Å². The van der Waals surface area contributed by atoms with E-state index in [1.54, 1.807) is 6.08 Å². The highest BCUT2D eigenvalue weighted by molar-refractivity contribution is 6.07. The van der Waals surface area contributed by atoms with Gasteiger partial charge in [0.2, 0.25) is 0 Å². The molecule has 3 nitrogen and oxygen atoms in total. The molecular weight excluding hydrogens is 286 g/mol. The molecule has 0 amide bonds. The van der Waals surface area contributed by atoms with E-state index in [1.165, 1.54) is 5.52 Å². The van der Waals surface area contributed by atoms with Crippen molar-refractivity contribution in [1.29, 1.82) is 0 Å². The molecular formula is C20H17NO2. The average molecular weight is 303 g/mol. The lowest BCUT2D eigenvalue weighted by Gasteiger charge is -2.00. The van der Waals surface area contributed by atoms with Crippen LogP contribution in [0.2, 0.25) is 0 Å². The SMILES string of the molecule is O=C(C=Cc1cn(CC2CO2)c2ccccc12)c1ccccc1. The Balaban J connectivity index is 1.65. The predicted molar refractivity (Wildman–Crippen MR) is 91.5 cm³/mol. The molecule has 114 valence electrons. The molecule has 4 rings (SSSR count). The summed E-state index contributed by atoms with van der Waals surface area (Å²) in [5, 5.41) is 1.16. The van der Waals surface area contributed by atoms with Crippen molar-refractivity contribution in [2.24, 2.45) is 0 Å². The van der Waals surface area contributed by atoms with Crippen LogP contribution in [0, 0.1) is 0 Å². The van der Waals surface area contributed by atoms with E-state index < -0.39 is 0 Å². The number of benzene rings is 2. The van der Waals surface area contributed by atoms with Crippen LogP contribution < -0.4 is 0 Å². The lowest BCUT2D eigenvalue weighted by atomic mass is 10.1. The first-order valence-corrected chi connectivity index (χ1v) is 7.78. The molecule has 1 atom stereocenters. The highest BCUT2D eigenvalue weighted by Gasteiger charge is 2.23. The van der Waals surface area contributed by atoms with Crippen molar-refractivity contribution >= 4 is 22.8 Å². The van der Waals surface area contributed by atoms with Crippen LogP contribution in [0.3, 0.4) is 0 Å².